The van der Waals surface area contributed by atoms with Crippen LogP contribution in [0.15, 0.2) is 30.3 Å². The predicted molar refractivity (Wildman–Crippen MR) is 77.8 cm³/mol. The third-order valence-corrected chi connectivity index (χ3v) is 3.85. The molecule has 0 saturated heterocycles. The number of likely N-dealkylation sites (N-methyl/N-ethyl adjacent to an activating group) is 1. The number of halogens is 3. The molecule has 1 heterocycles. The molecule has 6 heteroatoms. The maximum Gasteiger partial charge on any atom is 0.254 e. The van der Waals surface area contributed by atoms with E-state index in [0.29, 0.717) is 24.3 Å². The first-order valence-electron chi connectivity index (χ1n) is 7.11. The fraction of sp³-hybridized carbons (Fsp3) is 0.235. The number of rotatable bonds is 3. The Morgan fingerprint density at radius 2 is 1.87 bits per heavy atom. The maximum absolute atomic E-state index is 13.2. The lowest BCUT2D eigenvalue weighted by atomic mass is 9.98. The van der Waals surface area contributed by atoms with Gasteiger partial charge in [-0.3, -0.25) is 4.79 Å². The van der Waals surface area contributed by atoms with E-state index >= 15 is 0 Å². The number of ether oxygens (including phenoxy) is 1. The minimum Gasteiger partial charge on any atom is -0.489 e. The van der Waals surface area contributed by atoms with Gasteiger partial charge in [-0.1, -0.05) is 6.07 Å². The SMILES string of the molecule is CN1CCc2c(OCc3cc(F)c(F)c(F)c3)cccc2C1=O. The van der Waals surface area contributed by atoms with E-state index in [-0.39, 0.29) is 18.1 Å². The summed E-state index contributed by atoms with van der Waals surface area (Å²) in [6, 6.07) is 6.90. The molecule has 0 bridgehead atoms. The van der Waals surface area contributed by atoms with Gasteiger partial charge in [0.25, 0.3) is 5.91 Å². The molecule has 120 valence electrons. The summed E-state index contributed by atoms with van der Waals surface area (Å²) in [6.07, 6.45) is 0.639. The highest BCUT2D eigenvalue weighted by atomic mass is 19.2. The minimum absolute atomic E-state index is 0.0874. The monoisotopic (exact) mass is 321 g/mol. The molecule has 0 N–H and O–H groups in total. The van der Waals surface area contributed by atoms with Crippen LogP contribution in [-0.4, -0.2) is 24.4 Å². The summed E-state index contributed by atoms with van der Waals surface area (Å²) >= 11 is 0. The Labute approximate surface area is 131 Å². The molecule has 0 fully saturated rings. The second-order valence-electron chi connectivity index (χ2n) is 5.42. The number of carbonyl (C=O) groups is 1. The molecule has 1 amide bonds. The molecule has 23 heavy (non-hydrogen) atoms. The fourth-order valence-electron chi connectivity index (χ4n) is 2.60. The molecular weight excluding hydrogens is 307 g/mol. The molecule has 0 aromatic heterocycles. The highest BCUT2D eigenvalue weighted by Crippen LogP contribution is 2.28. The van der Waals surface area contributed by atoms with Crippen LogP contribution in [-0.2, 0) is 13.0 Å². The van der Waals surface area contributed by atoms with Gasteiger partial charge in [-0.25, -0.2) is 13.2 Å². The quantitative estimate of drug-likeness (QED) is 0.812. The van der Waals surface area contributed by atoms with E-state index in [2.05, 4.69) is 0 Å². The predicted octanol–water partition coefficient (Wildman–Crippen LogP) is 3.31. The van der Waals surface area contributed by atoms with Crippen molar-refractivity contribution in [1.29, 1.82) is 0 Å². The first kappa shape index (κ1) is 15.4. The van der Waals surface area contributed by atoms with Gasteiger partial charge in [-0.2, -0.15) is 0 Å². The molecular formula is C17H14F3NO2. The molecule has 0 aliphatic carbocycles. The molecule has 0 spiro atoms. The van der Waals surface area contributed by atoms with Crippen LogP contribution in [0.5, 0.6) is 5.75 Å². The molecule has 0 saturated carbocycles. The molecule has 3 rings (SSSR count). The average molecular weight is 321 g/mol. The Hall–Kier alpha value is -2.50. The lowest BCUT2D eigenvalue weighted by molar-refractivity contribution is 0.0779. The number of carbonyl (C=O) groups excluding carboxylic acids is 1. The van der Waals surface area contributed by atoms with E-state index in [1.54, 1.807) is 30.1 Å². The average Bonchev–Trinajstić information content (AvgIpc) is 2.54. The van der Waals surface area contributed by atoms with Gasteiger partial charge in [0.1, 0.15) is 12.4 Å². The third-order valence-electron chi connectivity index (χ3n) is 3.85. The van der Waals surface area contributed by atoms with Crippen LogP contribution in [0.2, 0.25) is 0 Å². The Kier molecular flexibility index (Phi) is 3.98. The zero-order chi connectivity index (χ0) is 16.6. The minimum atomic E-state index is -1.50. The zero-order valence-corrected chi connectivity index (χ0v) is 12.4. The summed E-state index contributed by atoms with van der Waals surface area (Å²) in [5.74, 6) is -3.60. The van der Waals surface area contributed by atoms with E-state index in [4.69, 9.17) is 4.74 Å². The Morgan fingerprint density at radius 3 is 2.57 bits per heavy atom. The van der Waals surface area contributed by atoms with Crippen LogP contribution in [0.4, 0.5) is 13.2 Å². The van der Waals surface area contributed by atoms with Crippen molar-refractivity contribution in [2.75, 3.05) is 13.6 Å². The normalized spacial score (nSPS) is 13.9. The lowest BCUT2D eigenvalue weighted by Crippen LogP contribution is -2.34. The van der Waals surface area contributed by atoms with E-state index < -0.39 is 17.5 Å². The van der Waals surface area contributed by atoms with Gasteiger partial charge in [-0.05, 0) is 36.2 Å². The summed E-state index contributed by atoms with van der Waals surface area (Å²) in [5.41, 5.74) is 1.52. The topological polar surface area (TPSA) is 29.5 Å². The van der Waals surface area contributed by atoms with Crippen molar-refractivity contribution >= 4 is 5.91 Å². The molecule has 2 aromatic rings. The van der Waals surface area contributed by atoms with E-state index in [1.807, 2.05) is 0 Å². The van der Waals surface area contributed by atoms with Crippen molar-refractivity contribution in [2.45, 2.75) is 13.0 Å². The molecule has 3 nitrogen and oxygen atoms in total. The van der Waals surface area contributed by atoms with Crippen molar-refractivity contribution in [1.82, 2.24) is 4.90 Å². The van der Waals surface area contributed by atoms with E-state index in [0.717, 1.165) is 17.7 Å². The van der Waals surface area contributed by atoms with Gasteiger partial charge in [0.15, 0.2) is 17.5 Å². The van der Waals surface area contributed by atoms with Crippen LogP contribution in [0, 0.1) is 17.5 Å². The lowest BCUT2D eigenvalue weighted by Gasteiger charge is -2.26. The van der Waals surface area contributed by atoms with Crippen LogP contribution in [0.1, 0.15) is 21.5 Å². The van der Waals surface area contributed by atoms with Crippen LogP contribution in [0.3, 0.4) is 0 Å². The van der Waals surface area contributed by atoms with Crippen molar-refractivity contribution in [2.24, 2.45) is 0 Å². The number of nitrogens with zero attached hydrogens (tertiary/aromatic N) is 1. The first-order valence-corrected chi connectivity index (χ1v) is 7.11. The summed E-state index contributed by atoms with van der Waals surface area (Å²) in [4.78, 5) is 13.7. The van der Waals surface area contributed by atoms with Crippen molar-refractivity contribution in [3.63, 3.8) is 0 Å². The first-order chi connectivity index (χ1) is 11.0. The Morgan fingerprint density at radius 1 is 1.17 bits per heavy atom. The number of benzene rings is 2. The van der Waals surface area contributed by atoms with Crippen molar-refractivity contribution in [3.8, 4) is 5.75 Å². The van der Waals surface area contributed by atoms with Gasteiger partial charge in [0.2, 0.25) is 0 Å². The largest absolute Gasteiger partial charge is 0.489 e. The van der Waals surface area contributed by atoms with Crippen molar-refractivity contribution in [3.05, 3.63) is 64.5 Å². The molecule has 1 aliphatic rings. The second kappa shape index (κ2) is 5.95. The van der Waals surface area contributed by atoms with Gasteiger partial charge >= 0.3 is 0 Å². The molecule has 2 aromatic carbocycles. The van der Waals surface area contributed by atoms with Gasteiger partial charge in [0.05, 0.1) is 0 Å². The van der Waals surface area contributed by atoms with Gasteiger partial charge in [0, 0.05) is 24.7 Å². The molecule has 1 aliphatic heterocycles. The molecule has 0 atom stereocenters. The highest BCUT2D eigenvalue weighted by Gasteiger charge is 2.24. The fourth-order valence-corrected chi connectivity index (χ4v) is 2.60. The number of hydrogen-bond donors (Lipinski definition) is 0. The van der Waals surface area contributed by atoms with Gasteiger partial charge in [-0.15, -0.1) is 0 Å². The highest BCUT2D eigenvalue weighted by molar-refractivity contribution is 5.97. The van der Waals surface area contributed by atoms with Crippen LogP contribution >= 0.6 is 0 Å². The Balaban J connectivity index is 1.84. The molecule has 0 radical (unpaired) electrons. The Bertz CT molecular complexity index is 753. The maximum atomic E-state index is 13.2. The summed E-state index contributed by atoms with van der Waals surface area (Å²) in [5, 5.41) is 0. The zero-order valence-electron chi connectivity index (χ0n) is 12.4. The number of amides is 1. The van der Waals surface area contributed by atoms with Crippen molar-refractivity contribution < 1.29 is 22.7 Å². The van der Waals surface area contributed by atoms with Crippen LogP contribution in [0.25, 0.3) is 0 Å². The standard InChI is InChI=1S/C17H14F3NO2/c1-21-6-5-11-12(17(21)22)3-2-4-15(11)23-9-10-7-13(18)16(20)14(19)8-10/h2-4,7-8H,5-6,9H2,1H3. The summed E-state index contributed by atoms with van der Waals surface area (Å²) in [7, 11) is 1.73. The van der Waals surface area contributed by atoms with Gasteiger partial charge < -0.3 is 9.64 Å². The molecule has 0 unspecified atom stereocenters. The number of hydrogen-bond acceptors (Lipinski definition) is 2. The van der Waals surface area contributed by atoms with E-state index in [9.17, 15) is 18.0 Å². The van der Waals surface area contributed by atoms with Crippen LogP contribution < -0.4 is 4.74 Å². The smallest absolute Gasteiger partial charge is 0.254 e. The second-order valence-corrected chi connectivity index (χ2v) is 5.42. The van der Waals surface area contributed by atoms with E-state index in [1.165, 1.54) is 0 Å². The number of fused-ring (bicyclic) bond motifs is 1. The third kappa shape index (κ3) is 2.88. The summed E-state index contributed by atoms with van der Waals surface area (Å²) < 4.78 is 45.0. The summed E-state index contributed by atoms with van der Waals surface area (Å²) in [6.45, 7) is 0.459.